The molecule has 1 N–H and O–H groups in total. The van der Waals surface area contributed by atoms with E-state index >= 15 is 0 Å². The number of nitrogens with zero attached hydrogens (tertiary/aromatic N) is 2. The molecule has 0 spiro atoms. The number of anilines is 1. The lowest BCUT2D eigenvalue weighted by Crippen LogP contribution is -2.38. The zero-order chi connectivity index (χ0) is 14.1. The summed E-state index contributed by atoms with van der Waals surface area (Å²) in [5.74, 6) is 1.01. The molecule has 4 rings (SSSR count). The summed E-state index contributed by atoms with van der Waals surface area (Å²) in [4.78, 5) is 10.5. The number of hydrogen-bond donors (Lipinski definition) is 1. The van der Waals surface area contributed by atoms with E-state index in [9.17, 15) is 0 Å². The summed E-state index contributed by atoms with van der Waals surface area (Å²) in [5, 5.41) is 0. The van der Waals surface area contributed by atoms with Gasteiger partial charge < -0.3 is 14.6 Å². The molecule has 4 nitrogen and oxygen atoms in total. The summed E-state index contributed by atoms with van der Waals surface area (Å²) in [6.07, 6.45) is 8.46. The summed E-state index contributed by atoms with van der Waals surface area (Å²) in [5.41, 5.74) is 2.17. The third-order valence-electron chi connectivity index (χ3n) is 4.81. The van der Waals surface area contributed by atoms with Crippen LogP contribution in [0.4, 0.5) is 5.95 Å². The summed E-state index contributed by atoms with van der Waals surface area (Å²) >= 11 is 0. The van der Waals surface area contributed by atoms with Crippen LogP contribution < -0.4 is 4.90 Å². The van der Waals surface area contributed by atoms with Crippen LogP contribution in [-0.4, -0.2) is 35.3 Å². The zero-order valence-electron chi connectivity index (χ0n) is 12.4. The molecule has 2 aliphatic rings. The Hall–Kier alpha value is -1.55. The molecule has 1 aliphatic heterocycles. The molecule has 0 unspecified atom stereocenters. The first-order valence-corrected chi connectivity index (χ1v) is 8.24. The number of rotatable bonds is 3. The number of hydrogen-bond acceptors (Lipinski definition) is 3. The highest BCUT2D eigenvalue weighted by Crippen LogP contribution is 2.27. The number of para-hydroxylation sites is 2. The Bertz CT molecular complexity index is 562. The Morgan fingerprint density at radius 2 is 1.71 bits per heavy atom. The zero-order valence-corrected chi connectivity index (χ0v) is 12.4. The standard InChI is InChI=1S/C17H23N3O/c1-2-6-13(5-1)21-14-9-11-20(12-10-14)17-18-15-7-3-4-8-16(15)19-17/h3-4,7-8,13-14H,1-2,5-6,9-12H2,(H,18,19). The molecule has 112 valence electrons. The SMILES string of the molecule is c1ccc2[nH]c(N3CCC(OC4CCCC4)CC3)nc2c1. The topological polar surface area (TPSA) is 41.2 Å². The minimum atomic E-state index is 0.453. The molecule has 1 saturated carbocycles. The second-order valence-electron chi connectivity index (χ2n) is 6.31. The number of H-pyrrole nitrogens is 1. The largest absolute Gasteiger partial charge is 0.375 e. The Balaban J connectivity index is 1.38. The molecule has 4 heteroatoms. The molecule has 1 aromatic heterocycles. The van der Waals surface area contributed by atoms with E-state index in [-0.39, 0.29) is 0 Å². The highest BCUT2D eigenvalue weighted by molar-refractivity contribution is 5.77. The van der Waals surface area contributed by atoms with Crippen molar-refractivity contribution in [2.24, 2.45) is 0 Å². The van der Waals surface area contributed by atoms with Crippen LogP contribution >= 0.6 is 0 Å². The number of piperidine rings is 1. The number of aromatic amines is 1. The summed E-state index contributed by atoms with van der Waals surface area (Å²) < 4.78 is 6.24. The molecule has 0 radical (unpaired) electrons. The minimum absolute atomic E-state index is 0.453. The van der Waals surface area contributed by atoms with Gasteiger partial charge in [-0.2, -0.15) is 0 Å². The van der Waals surface area contributed by atoms with Crippen molar-refractivity contribution in [1.82, 2.24) is 9.97 Å². The molecule has 0 atom stereocenters. The molecule has 0 amide bonds. The van der Waals surface area contributed by atoms with E-state index in [1.54, 1.807) is 0 Å². The molecule has 1 saturated heterocycles. The van der Waals surface area contributed by atoms with Gasteiger partial charge in [-0.25, -0.2) is 4.98 Å². The summed E-state index contributed by atoms with van der Waals surface area (Å²) in [6, 6.07) is 8.23. The van der Waals surface area contributed by atoms with Gasteiger partial charge in [0.1, 0.15) is 0 Å². The van der Waals surface area contributed by atoms with Crippen molar-refractivity contribution in [1.29, 1.82) is 0 Å². The lowest BCUT2D eigenvalue weighted by atomic mass is 10.1. The second kappa shape index (κ2) is 5.68. The van der Waals surface area contributed by atoms with Crippen LogP contribution in [0.1, 0.15) is 38.5 Å². The van der Waals surface area contributed by atoms with Crippen LogP contribution in [0.25, 0.3) is 11.0 Å². The van der Waals surface area contributed by atoms with E-state index in [1.165, 1.54) is 25.7 Å². The van der Waals surface area contributed by atoms with Gasteiger partial charge >= 0.3 is 0 Å². The van der Waals surface area contributed by atoms with Crippen LogP contribution in [0, 0.1) is 0 Å². The number of fused-ring (bicyclic) bond motifs is 1. The normalized spacial score (nSPS) is 21.4. The predicted molar refractivity (Wildman–Crippen MR) is 84.7 cm³/mol. The lowest BCUT2D eigenvalue weighted by molar-refractivity contribution is -0.0195. The van der Waals surface area contributed by atoms with E-state index < -0.39 is 0 Å². The minimum Gasteiger partial charge on any atom is -0.375 e. The highest BCUT2D eigenvalue weighted by Gasteiger charge is 2.25. The summed E-state index contributed by atoms with van der Waals surface area (Å²) in [6.45, 7) is 2.08. The van der Waals surface area contributed by atoms with E-state index in [1.807, 2.05) is 12.1 Å². The van der Waals surface area contributed by atoms with E-state index in [2.05, 4.69) is 22.0 Å². The van der Waals surface area contributed by atoms with Crippen LogP contribution in [0.5, 0.6) is 0 Å². The van der Waals surface area contributed by atoms with E-state index in [0.29, 0.717) is 12.2 Å². The third kappa shape index (κ3) is 2.77. The van der Waals surface area contributed by atoms with Crippen molar-refractivity contribution in [2.75, 3.05) is 18.0 Å². The predicted octanol–water partition coefficient (Wildman–Crippen LogP) is 3.49. The van der Waals surface area contributed by atoms with Gasteiger partial charge in [0.25, 0.3) is 0 Å². The number of benzene rings is 1. The molecular weight excluding hydrogens is 262 g/mol. The molecular formula is C17H23N3O. The number of nitrogens with one attached hydrogen (secondary N) is 1. The molecule has 2 aromatic rings. The number of imidazole rings is 1. The average Bonchev–Trinajstić information content (AvgIpc) is 3.16. The molecule has 1 aliphatic carbocycles. The second-order valence-corrected chi connectivity index (χ2v) is 6.31. The Labute approximate surface area is 125 Å². The maximum absolute atomic E-state index is 6.24. The highest BCUT2D eigenvalue weighted by atomic mass is 16.5. The third-order valence-corrected chi connectivity index (χ3v) is 4.81. The van der Waals surface area contributed by atoms with Crippen LogP contribution in [0.2, 0.25) is 0 Å². The maximum atomic E-state index is 6.24. The van der Waals surface area contributed by atoms with E-state index in [0.717, 1.165) is 42.9 Å². The van der Waals surface area contributed by atoms with Gasteiger partial charge in [0, 0.05) is 13.1 Å². The Morgan fingerprint density at radius 3 is 2.48 bits per heavy atom. The Kier molecular flexibility index (Phi) is 3.55. The van der Waals surface area contributed by atoms with Crippen LogP contribution in [0.3, 0.4) is 0 Å². The first-order chi connectivity index (χ1) is 10.4. The fraction of sp³-hybridized carbons (Fsp3) is 0.588. The number of aromatic nitrogens is 2. The molecule has 0 bridgehead atoms. The fourth-order valence-electron chi connectivity index (χ4n) is 3.59. The van der Waals surface area contributed by atoms with Gasteiger partial charge in [-0.15, -0.1) is 0 Å². The smallest absolute Gasteiger partial charge is 0.203 e. The first-order valence-electron chi connectivity index (χ1n) is 8.24. The first kappa shape index (κ1) is 13.1. The molecule has 21 heavy (non-hydrogen) atoms. The monoisotopic (exact) mass is 285 g/mol. The summed E-state index contributed by atoms with van der Waals surface area (Å²) in [7, 11) is 0. The van der Waals surface area contributed by atoms with Crippen molar-refractivity contribution in [3.8, 4) is 0 Å². The lowest BCUT2D eigenvalue weighted by Gasteiger charge is -2.33. The molecule has 2 fully saturated rings. The van der Waals surface area contributed by atoms with Crippen molar-refractivity contribution >= 4 is 17.0 Å². The van der Waals surface area contributed by atoms with Crippen LogP contribution in [-0.2, 0) is 4.74 Å². The van der Waals surface area contributed by atoms with Gasteiger partial charge in [0.05, 0.1) is 23.2 Å². The van der Waals surface area contributed by atoms with Crippen molar-refractivity contribution in [3.05, 3.63) is 24.3 Å². The van der Waals surface area contributed by atoms with Gasteiger partial charge in [0.15, 0.2) is 0 Å². The van der Waals surface area contributed by atoms with Crippen molar-refractivity contribution in [2.45, 2.75) is 50.7 Å². The quantitative estimate of drug-likeness (QED) is 0.938. The van der Waals surface area contributed by atoms with Gasteiger partial charge in [-0.05, 0) is 37.8 Å². The molecule has 1 aromatic carbocycles. The van der Waals surface area contributed by atoms with Gasteiger partial charge in [0.2, 0.25) is 5.95 Å². The fourth-order valence-corrected chi connectivity index (χ4v) is 3.59. The van der Waals surface area contributed by atoms with Gasteiger partial charge in [-0.1, -0.05) is 25.0 Å². The van der Waals surface area contributed by atoms with Crippen LogP contribution in [0.15, 0.2) is 24.3 Å². The van der Waals surface area contributed by atoms with E-state index in [4.69, 9.17) is 9.72 Å². The maximum Gasteiger partial charge on any atom is 0.203 e. The Morgan fingerprint density at radius 1 is 1.00 bits per heavy atom. The number of ether oxygens (including phenoxy) is 1. The van der Waals surface area contributed by atoms with Gasteiger partial charge in [-0.3, -0.25) is 0 Å². The average molecular weight is 285 g/mol. The molecule has 2 heterocycles. The van der Waals surface area contributed by atoms with Crippen molar-refractivity contribution in [3.63, 3.8) is 0 Å². The van der Waals surface area contributed by atoms with Crippen molar-refractivity contribution < 1.29 is 4.74 Å².